The number of nitrogens with one attached hydrogen (secondary N) is 2. The molecule has 0 saturated heterocycles. The Morgan fingerprint density at radius 2 is 2.29 bits per heavy atom. The minimum atomic E-state index is -0.640. The topological polar surface area (TPSA) is 88.3 Å². The van der Waals surface area contributed by atoms with E-state index in [1.54, 1.807) is 0 Å². The molecule has 92 valence electrons. The molecule has 1 aromatic heterocycles. The van der Waals surface area contributed by atoms with E-state index in [0.29, 0.717) is 0 Å². The van der Waals surface area contributed by atoms with E-state index in [1.165, 1.54) is 25.6 Å². The summed E-state index contributed by atoms with van der Waals surface area (Å²) < 4.78 is 4.47. The van der Waals surface area contributed by atoms with E-state index in [1.807, 2.05) is 0 Å². The van der Waals surface area contributed by atoms with E-state index in [2.05, 4.69) is 31.0 Å². The molecule has 1 unspecified atom stereocenters. The third-order valence-corrected chi connectivity index (χ3v) is 2.67. The fraction of sp³-hybridized carbons (Fsp3) is 0.300. The standard InChI is InChI=1S/C10H11BrN2O4/c1-17-10(16)7(11)5-13-9(15)6-4-12-3-2-8(6)14/h2-4,7H,5H2,1H3,(H,12,14)(H,13,15). The quantitative estimate of drug-likeness (QED) is 0.607. The molecule has 7 heteroatoms. The molecule has 1 rings (SSSR count). The summed E-state index contributed by atoms with van der Waals surface area (Å²) in [6.07, 6.45) is 2.74. The molecule has 0 fully saturated rings. The molecule has 0 spiro atoms. The molecule has 0 radical (unpaired) electrons. The van der Waals surface area contributed by atoms with Gasteiger partial charge in [0, 0.05) is 25.0 Å². The van der Waals surface area contributed by atoms with Gasteiger partial charge >= 0.3 is 5.97 Å². The molecule has 1 aromatic rings. The Labute approximate surface area is 105 Å². The normalized spacial score (nSPS) is 11.6. The van der Waals surface area contributed by atoms with Gasteiger partial charge in [0.05, 0.1) is 7.11 Å². The van der Waals surface area contributed by atoms with E-state index < -0.39 is 16.7 Å². The number of H-pyrrole nitrogens is 1. The number of alkyl halides is 1. The first kappa shape index (κ1) is 13.4. The van der Waals surface area contributed by atoms with Crippen molar-refractivity contribution in [3.63, 3.8) is 0 Å². The van der Waals surface area contributed by atoms with Gasteiger partial charge in [-0.25, -0.2) is 0 Å². The fourth-order valence-corrected chi connectivity index (χ4v) is 1.43. The van der Waals surface area contributed by atoms with Gasteiger partial charge in [-0.05, 0) is 0 Å². The van der Waals surface area contributed by atoms with Crippen molar-refractivity contribution in [1.82, 2.24) is 10.3 Å². The van der Waals surface area contributed by atoms with Gasteiger partial charge in [-0.2, -0.15) is 0 Å². The second kappa shape index (κ2) is 6.19. The van der Waals surface area contributed by atoms with Crippen LogP contribution >= 0.6 is 15.9 Å². The number of aromatic amines is 1. The Morgan fingerprint density at radius 3 is 2.88 bits per heavy atom. The van der Waals surface area contributed by atoms with Crippen LogP contribution in [0.2, 0.25) is 0 Å². The van der Waals surface area contributed by atoms with E-state index in [0.717, 1.165) is 0 Å². The number of esters is 1. The van der Waals surface area contributed by atoms with Crippen molar-refractivity contribution in [2.24, 2.45) is 0 Å². The second-order valence-corrected chi connectivity index (χ2v) is 4.23. The second-order valence-electron chi connectivity index (χ2n) is 3.12. The third-order valence-electron chi connectivity index (χ3n) is 1.97. The Kier molecular flexibility index (Phi) is 4.89. The number of carbonyl (C=O) groups excluding carboxylic acids is 2. The minimum absolute atomic E-state index is 0.00272. The summed E-state index contributed by atoms with van der Waals surface area (Å²) in [6, 6.07) is 1.25. The van der Waals surface area contributed by atoms with Gasteiger partial charge in [0.1, 0.15) is 10.4 Å². The summed E-state index contributed by atoms with van der Waals surface area (Å²) in [6.45, 7) is 0.0415. The summed E-state index contributed by atoms with van der Waals surface area (Å²) in [7, 11) is 1.25. The lowest BCUT2D eigenvalue weighted by Crippen LogP contribution is -2.35. The lowest BCUT2D eigenvalue weighted by atomic mass is 10.2. The van der Waals surface area contributed by atoms with Crippen LogP contribution in [0.5, 0.6) is 0 Å². The fourth-order valence-electron chi connectivity index (χ4n) is 1.08. The van der Waals surface area contributed by atoms with E-state index in [-0.39, 0.29) is 17.5 Å². The van der Waals surface area contributed by atoms with Gasteiger partial charge in [-0.3, -0.25) is 14.4 Å². The van der Waals surface area contributed by atoms with Crippen molar-refractivity contribution in [1.29, 1.82) is 0 Å². The van der Waals surface area contributed by atoms with Crippen LogP contribution in [0.25, 0.3) is 0 Å². The van der Waals surface area contributed by atoms with Crippen LogP contribution in [0.4, 0.5) is 0 Å². The maximum Gasteiger partial charge on any atom is 0.321 e. The highest BCUT2D eigenvalue weighted by molar-refractivity contribution is 9.10. The number of hydrogen-bond donors (Lipinski definition) is 2. The Bertz CT molecular complexity index is 471. The minimum Gasteiger partial charge on any atom is -0.468 e. The molecule has 2 N–H and O–H groups in total. The van der Waals surface area contributed by atoms with Gasteiger partial charge < -0.3 is 15.0 Å². The largest absolute Gasteiger partial charge is 0.468 e. The number of halogens is 1. The van der Waals surface area contributed by atoms with Gasteiger partial charge in [-0.1, -0.05) is 15.9 Å². The van der Waals surface area contributed by atoms with Gasteiger partial charge in [-0.15, -0.1) is 0 Å². The van der Waals surface area contributed by atoms with Crippen LogP contribution in [-0.4, -0.2) is 35.3 Å². The molecule has 0 aliphatic rings. The first-order valence-electron chi connectivity index (χ1n) is 4.73. The smallest absolute Gasteiger partial charge is 0.321 e. The number of hydrogen-bond acceptors (Lipinski definition) is 4. The summed E-state index contributed by atoms with van der Waals surface area (Å²) in [5, 5.41) is 2.45. The lowest BCUT2D eigenvalue weighted by molar-refractivity contribution is -0.139. The lowest BCUT2D eigenvalue weighted by Gasteiger charge is -2.08. The average Bonchev–Trinajstić information content (AvgIpc) is 2.35. The monoisotopic (exact) mass is 302 g/mol. The van der Waals surface area contributed by atoms with Crippen LogP contribution < -0.4 is 10.7 Å². The molecule has 1 heterocycles. The Hall–Kier alpha value is -1.63. The first-order chi connectivity index (χ1) is 8.06. The van der Waals surface area contributed by atoms with E-state index in [9.17, 15) is 14.4 Å². The SMILES string of the molecule is COC(=O)C(Br)CNC(=O)c1c[nH]ccc1=O. The van der Waals surface area contributed by atoms with Crippen molar-refractivity contribution >= 4 is 27.8 Å². The van der Waals surface area contributed by atoms with E-state index in [4.69, 9.17) is 0 Å². The van der Waals surface area contributed by atoms with Crippen molar-refractivity contribution in [2.45, 2.75) is 4.83 Å². The number of ether oxygens (including phenoxy) is 1. The van der Waals surface area contributed by atoms with Crippen LogP contribution in [0.1, 0.15) is 10.4 Å². The molecular weight excluding hydrogens is 292 g/mol. The molecule has 1 amide bonds. The molecule has 0 saturated carbocycles. The molecule has 6 nitrogen and oxygen atoms in total. The maximum absolute atomic E-state index is 11.6. The third kappa shape index (κ3) is 3.70. The van der Waals surface area contributed by atoms with Crippen molar-refractivity contribution in [3.05, 3.63) is 34.2 Å². The van der Waals surface area contributed by atoms with Crippen LogP contribution in [0.15, 0.2) is 23.3 Å². The van der Waals surface area contributed by atoms with Crippen molar-refractivity contribution in [2.75, 3.05) is 13.7 Å². The van der Waals surface area contributed by atoms with Gasteiger partial charge in [0.15, 0.2) is 5.43 Å². The maximum atomic E-state index is 11.6. The van der Waals surface area contributed by atoms with Crippen molar-refractivity contribution < 1.29 is 14.3 Å². The Morgan fingerprint density at radius 1 is 1.59 bits per heavy atom. The van der Waals surface area contributed by atoms with E-state index >= 15 is 0 Å². The van der Waals surface area contributed by atoms with Gasteiger partial charge in [0.2, 0.25) is 0 Å². The summed E-state index contributed by atoms with van der Waals surface area (Å²) in [5.74, 6) is -1.03. The summed E-state index contributed by atoms with van der Waals surface area (Å²) in [4.78, 5) is 35.9. The highest BCUT2D eigenvalue weighted by Crippen LogP contribution is 2.00. The zero-order valence-electron chi connectivity index (χ0n) is 9.03. The first-order valence-corrected chi connectivity index (χ1v) is 5.65. The molecule has 0 aromatic carbocycles. The summed E-state index contributed by atoms with van der Waals surface area (Å²) in [5.41, 5.74) is -0.387. The number of pyridine rings is 1. The Balaban J connectivity index is 2.60. The number of methoxy groups -OCH3 is 1. The van der Waals surface area contributed by atoms with Crippen molar-refractivity contribution in [3.8, 4) is 0 Å². The molecule has 0 aliphatic carbocycles. The predicted octanol–water partition coefficient (Wildman–Crippen LogP) is 0.0412. The molecule has 0 aliphatic heterocycles. The zero-order valence-corrected chi connectivity index (χ0v) is 10.6. The predicted molar refractivity (Wildman–Crippen MR) is 64.1 cm³/mol. The summed E-state index contributed by atoms with van der Waals surface area (Å²) >= 11 is 3.05. The molecule has 17 heavy (non-hydrogen) atoms. The molecule has 1 atom stereocenters. The number of amides is 1. The van der Waals surface area contributed by atoms with Crippen LogP contribution in [-0.2, 0) is 9.53 Å². The van der Waals surface area contributed by atoms with Crippen LogP contribution in [0.3, 0.4) is 0 Å². The highest BCUT2D eigenvalue weighted by Gasteiger charge is 2.17. The number of rotatable bonds is 4. The highest BCUT2D eigenvalue weighted by atomic mass is 79.9. The zero-order chi connectivity index (χ0) is 12.8. The number of aromatic nitrogens is 1. The van der Waals surface area contributed by atoms with Gasteiger partial charge in [0.25, 0.3) is 5.91 Å². The molecular formula is C10H11BrN2O4. The average molecular weight is 303 g/mol. The molecule has 0 bridgehead atoms. The van der Waals surface area contributed by atoms with Crippen LogP contribution in [0, 0.1) is 0 Å². The number of carbonyl (C=O) groups is 2.